The fourth-order valence-electron chi connectivity index (χ4n) is 5.47. The first-order chi connectivity index (χ1) is 15.7. The maximum absolute atomic E-state index is 14.0. The second kappa shape index (κ2) is 8.77. The van der Waals surface area contributed by atoms with E-state index in [-0.39, 0.29) is 17.6 Å². The van der Waals surface area contributed by atoms with Crippen molar-refractivity contribution in [2.45, 2.75) is 49.9 Å². The first-order valence-electron chi connectivity index (χ1n) is 11.4. The number of rotatable bonds is 4. The van der Waals surface area contributed by atoms with Gasteiger partial charge < -0.3 is 4.90 Å². The summed E-state index contributed by atoms with van der Waals surface area (Å²) in [7, 11) is 0. The lowest BCUT2D eigenvalue weighted by Crippen LogP contribution is -2.48. The van der Waals surface area contributed by atoms with Gasteiger partial charge in [-0.05, 0) is 61.1 Å². The zero-order chi connectivity index (χ0) is 22.0. The molecular weight excluding hydrogens is 403 g/mol. The Hall–Kier alpha value is -3.15. The third-order valence-corrected chi connectivity index (χ3v) is 7.15. The van der Waals surface area contributed by atoms with E-state index in [4.69, 9.17) is 0 Å². The van der Waals surface area contributed by atoms with Crippen LogP contribution >= 0.6 is 0 Å². The maximum atomic E-state index is 14.0. The zero-order valence-corrected chi connectivity index (χ0v) is 18.1. The van der Waals surface area contributed by atoms with E-state index in [0.29, 0.717) is 13.1 Å². The van der Waals surface area contributed by atoms with Crippen LogP contribution in [0.25, 0.3) is 11.1 Å². The van der Waals surface area contributed by atoms with E-state index >= 15 is 0 Å². The van der Waals surface area contributed by atoms with Crippen LogP contribution in [-0.4, -0.2) is 38.8 Å². The number of amides is 1. The van der Waals surface area contributed by atoms with Crippen LogP contribution in [0.15, 0.2) is 61.3 Å². The van der Waals surface area contributed by atoms with E-state index < -0.39 is 5.41 Å². The SMILES string of the molecule is O=C(N1CCC(c2ncncc2-c2ccncc2)CC1)C1(c2cccc(F)c2)CCCC1. The average Bonchev–Trinajstić information content (AvgIpc) is 3.36. The van der Waals surface area contributed by atoms with Crippen molar-refractivity contribution >= 4 is 5.91 Å². The molecule has 0 atom stereocenters. The average molecular weight is 431 g/mol. The van der Waals surface area contributed by atoms with Crippen LogP contribution in [0.2, 0.25) is 0 Å². The van der Waals surface area contributed by atoms with Gasteiger partial charge in [0.15, 0.2) is 0 Å². The summed E-state index contributed by atoms with van der Waals surface area (Å²) in [4.78, 5) is 28.7. The molecule has 0 N–H and O–H groups in total. The molecule has 2 aromatic heterocycles. The number of hydrogen-bond donors (Lipinski definition) is 0. The number of benzene rings is 1. The van der Waals surface area contributed by atoms with Crippen molar-refractivity contribution in [2.75, 3.05) is 13.1 Å². The fourth-order valence-corrected chi connectivity index (χ4v) is 5.47. The maximum Gasteiger partial charge on any atom is 0.233 e. The van der Waals surface area contributed by atoms with Crippen molar-refractivity contribution in [3.05, 3.63) is 78.4 Å². The van der Waals surface area contributed by atoms with Gasteiger partial charge in [0.05, 0.1) is 11.1 Å². The van der Waals surface area contributed by atoms with Gasteiger partial charge in [0.25, 0.3) is 0 Å². The predicted octanol–water partition coefficient (Wildman–Crippen LogP) is 4.90. The predicted molar refractivity (Wildman–Crippen MR) is 120 cm³/mol. The summed E-state index contributed by atoms with van der Waals surface area (Å²) in [6, 6.07) is 10.6. The Morgan fingerprint density at radius 2 is 1.78 bits per heavy atom. The van der Waals surface area contributed by atoms with E-state index in [1.54, 1.807) is 30.9 Å². The molecule has 3 heterocycles. The summed E-state index contributed by atoms with van der Waals surface area (Å²) in [6.45, 7) is 1.39. The molecule has 1 aromatic carbocycles. The Morgan fingerprint density at radius 1 is 1.03 bits per heavy atom. The number of carbonyl (C=O) groups excluding carboxylic acids is 1. The van der Waals surface area contributed by atoms with Gasteiger partial charge in [-0.15, -0.1) is 0 Å². The number of aromatic nitrogens is 3. The lowest BCUT2D eigenvalue weighted by molar-refractivity contribution is -0.138. The Labute approximate surface area is 187 Å². The molecule has 0 spiro atoms. The number of pyridine rings is 1. The Bertz CT molecular complexity index is 1090. The molecule has 5 rings (SSSR count). The summed E-state index contributed by atoms with van der Waals surface area (Å²) in [5, 5.41) is 0. The molecule has 1 saturated heterocycles. The smallest absolute Gasteiger partial charge is 0.233 e. The van der Waals surface area contributed by atoms with E-state index in [2.05, 4.69) is 15.0 Å². The molecule has 1 aliphatic carbocycles. The molecular formula is C26H27FN4O. The molecule has 2 fully saturated rings. The molecule has 3 aromatic rings. The molecule has 0 radical (unpaired) electrons. The highest BCUT2D eigenvalue weighted by Gasteiger charge is 2.45. The third kappa shape index (κ3) is 3.78. The van der Waals surface area contributed by atoms with Crippen molar-refractivity contribution in [3.8, 4) is 11.1 Å². The van der Waals surface area contributed by atoms with Gasteiger partial charge in [-0.25, -0.2) is 14.4 Å². The molecule has 0 unspecified atom stereocenters. The zero-order valence-electron chi connectivity index (χ0n) is 18.1. The summed E-state index contributed by atoms with van der Waals surface area (Å²) < 4.78 is 14.0. The summed E-state index contributed by atoms with van der Waals surface area (Å²) in [5.41, 5.74) is 3.39. The van der Waals surface area contributed by atoms with Crippen LogP contribution in [0.1, 0.15) is 55.7 Å². The second-order valence-corrected chi connectivity index (χ2v) is 8.92. The van der Waals surface area contributed by atoms with Crippen molar-refractivity contribution in [3.63, 3.8) is 0 Å². The van der Waals surface area contributed by atoms with E-state index in [9.17, 15) is 9.18 Å². The van der Waals surface area contributed by atoms with Gasteiger partial charge in [-0.2, -0.15) is 0 Å². The molecule has 0 bridgehead atoms. The van der Waals surface area contributed by atoms with Crippen LogP contribution in [0.3, 0.4) is 0 Å². The normalized spacial score (nSPS) is 18.6. The largest absolute Gasteiger partial charge is 0.342 e. The van der Waals surface area contributed by atoms with E-state index in [1.165, 1.54) is 6.07 Å². The summed E-state index contributed by atoms with van der Waals surface area (Å²) in [6.07, 6.45) is 12.4. The highest BCUT2D eigenvalue weighted by molar-refractivity contribution is 5.88. The van der Waals surface area contributed by atoms with Crippen LogP contribution in [0.4, 0.5) is 4.39 Å². The van der Waals surface area contributed by atoms with Gasteiger partial charge in [-0.3, -0.25) is 9.78 Å². The van der Waals surface area contributed by atoms with E-state index in [0.717, 1.165) is 60.9 Å². The monoisotopic (exact) mass is 430 g/mol. The quantitative estimate of drug-likeness (QED) is 0.591. The minimum atomic E-state index is -0.577. The molecule has 1 saturated carbocycles. The van der Waals surface area contributed by atoms with Gasteiger partial charge in [0, 0.05) is 43.2 Å². The third-order valence-electron chi connectivity index (χ3n) is 7.15. The molecule has 2 aliphatic rings. The number of nitrogens with zero attached hydrogens (tertiary/aromatic N) is 4. The summed E-state index contributed by atoms with van der Waals surface area (Å²) in [5.74, 6) is 0.169. The Kier molecular flexibility index (Phi) is 5.68. The number of piperidine rings is 1. The van der Waals surface area contributed by atoms with Crippen molar-refractivity contribution < 1.29 is 9.18 Å². The first kappa shape index (κ1) is 20.7. The lowest BCUT2D eigenvalue weighted by atomic mass is 9.76. The fraction of sp³-hybridized carbons (Fsp3) is 0.385. The molecule has 1 amide bonds. The Morgan fingerprint density at radius 3 is 2.50 bits per heavy atom. The lowest BCUT2D eigenvalue weighted by Gasteiger charge is -2.39. The first-order valence-corrected chi connectivity index (χ1v) is 11.4. The van der Waals surface area contributed by atoms with Crippen LogP contribution in [0.5, 0.6) is 0 Å². The number of hydrogen-bond acceptors (Lipinski definition) is 4. The summed E-state index contributed by atoms with van der Waals surface area (Å²) >= 11 is 0. The molecule has 5 nitrogen and oxygen atoms in total. The van der Waals surface area contributed by atoms with Crippen LogP contribution in [-0.2, 0) is 10.2 Å². The Balaban J connectivity index is 1.35. The molecule has 1 aliphatic heterocycles. The van der Waals surface area contributed by atoms with Crippen LogP contribution in [0, 0.1) is 5.82 Å². The standard InChI is InChI=1S/C26H27FN4O/c27-22-5-3-4-21(16-22)26(10-1-2-11-26)25(32)31-14-8-20(9-15-31)24-23(17-29-18-30-24)19-6-12-28-13-7-19/h3-7,12-13,16-18,20H,1-2,8-11,14-15H2. The second-order valence-electron chi connectivity index (χ2n) is 8.92. The number of likely N-dealkylation sites (tertiary alicyclic amines) is 1. The van der Waals surface area contributed by atoms with Gasteiger partial charge in [0.2, 0.25) is 5.91 Å². The number of halogens is 1. The van der Waals surface area contributed by atoms with Gasteiger partial charge >= 0.3 is 0 Å². The molecule has 32 heavy (non-hydrogen) atoms. The van der Waals surface area contributed by atoms with Gasteiger partial charge in [0.1, 0.15) is 12.1 Å². The minimum Gasteiger partial charge on any atom is -0.342 e. The molecule has 6 heteroatoms. The van der Waals surface area contributed by atoms with Crippen molar-refractivity contribution in [1.82, 2.24) is 19.9 Å². The van der Waals surface area contributed by atoms with Crippen molar-refractivity contribution in [1.29, 1.82) is 0 Å². The highest BCUT2D eigenvalue weighted by Crippen LogP contribution is 2.44. The topological polar surface area (TPSA) is 59.0 Å². The van der Waals surface area contributed by atoms with Crippen molar-refractivity contribution in [2.24, 2.45) is 0 Å². The molecule has 164 valence electrons. The highest BCUT2D eigenvalue weighted by atomic mass is 19.1. The van der Waals surface area contributed by atoms with Gasteiger partial charge in [-0.1, -0.05) is 25.0 Å². The van der Waals surface area contributed by atoms with Crippen LogP contribution < -0.4 is 0 Å². The minimum absolute atomic E-state index is 0.163. The number of carbonyl (C=O) groups is 1. The van der Waals surface area contributed by atoms with E-state index in [1.807, 2.05) is 29.3 Å².